The Labute approximate surface area is 110 Å². The molecule has 19 heavy (non-hydrogen) atoms. The molecule has 1 aliphatic rings. The van der Waals surface area contributed by atoms with E-state index in [4.69, 9.17) is 4.74 Å². The third-order valence-corrected chi connectivity index (χ3v) is 3.47. The number of rotatable bonds is 3. The lowest BCUT2D eigenvalue weighted by atomic mass is 9.93. The van der Waals surface area contributed by atoms with E-state index in [1.165, 1.54) is 6.07 Å². The number of hydrogen-bond donors (Lipinski definition) is 1. The molecule has 106 valence electrons. The minimum Gasteiger partial charge on any atom is -0.392 e. The van der Waals surface area contributed by atoms with Crippen LogP contribution < -0.4 is 0 Å². The zero-order chi connectivity index (χ0) is 14.0. The zero-order valence-corrected chi connectivity index (χ0v) is 10.7. The van der Waals surface area contributed by atoms with Crippen LogP contribution in [-0.4, -0.2) is 23.9 Å². The summed E-state index contributed by atoms with van der Waals surface area (Å²) in [6, 6.07) is 5.12. The monoisotopic (exact) mass is 274 g/mol. The molecule has 1 fully saturated rings. The van der Waals surface area contributed by atoms with Gasteiger partial charge in [-0.15, -0.1) is 0 Å². The second-order valence-corrected chi connectivity index (χ2v) is 5.11. The summed E-state index contributed by atoms with van der Waals surface area (Å²) in [5.41, 5.74) is -0.171. The van der Waals surface area contributed by atoms with Crippen molar-refractivity contribution >= 4 is 0 Å². The third kappa shape index (κ3) is 3.70. The maximum atomic E-state index is 12.6. The van der Waals surface area contributed by atoms with Crippen LogP contribution in [0.3, 0.4) is 0 Å². The van der Waals surface area contributed by atoms with E-state index in [1.807, 2.05) is 6.92 Å². The van der Waals surface area contributed by atoms with Crippen molar-refractivity contribution in [1.82, 2.24) is 0 Å². The molecule has 2 nitrogen and oxygen atoms in total. The molecule has 2 rings (SSSR count). The molecule has 1 heterocycles. The maximum Gasteiger partial charge on any atom is 0.416 e. The van der Waals surface area contributed by atoms with Gasteiger partial charge in [-0.05, 0) is 31.4 Å². The highest BCUT2D eigenvalue weighted by atomic mass is 19.4. The third-order valence-electron chi connectivity index (χ3n) is 3.47. The standard InChI is InChI=1S/C14H17F3O2/c1-9-5-11(8-19-9)13(18)7-10-3-2-4-12(6-10)14(15,16)17/h2-4,6,9,11,13,18H,5,7-8H2,1H3. The lowest BCUT2D eigenvalue weighted by Crippen LogP contribution is -2.23. The lowest BCUT2D eigenvalue weighted by molar-refractivity contribution is -0.137. The van der Waals surface area contributed by atoms with Crippen molar-refractivity contribution in [3.8, 4) is 0 Å². The molecule has 1 aromatic rings. The summed E-state index contributed by atoms with van der Waals surface area (Å²) in [6.45, 7) is 2.40. The van der Waals surface area contributed by atoms with Gasteiger partial charge in [0.15, 0.2) is 0 Å². The molecule has 0 bridgehead atoms. The summed E-state index contributed by atoms with van der Waals surface area (Å²) in [6.07, 6.45) is -3.91. The largest absolute Gasteiger partial charge is 0.416 e. The predicted octanol–water partition coefficient (Wildman–Crippen LogP) is 3.03. The van der Waals surface area contributed by atoms with Gasteiger partial charge in [-0.2, -0.15) is 13.2 Å². The van der Waals surface area contributed by atoms with Gasteiger partial charge in [0.05, 0.1) is 24.4 Å². The average molecular weight is 274 g/mol. The molecule has 1 N–H and O–H groups in total. The number of aliphatic hydroxyl groups excluding tert-OH is 1. The molecule has 1 aliphatic heterocycles. The Balaban J connectivity index is 2.03. The lowest BCUT2D eigenvalue weighted by Gasteiger charge is -2.17. The Morgan fingerprint density at radius 1 is 1.42 bits per heavy atom. The van der Waals surface area contributed by atoms with E-state index in [0.29, 0.717) is 12.2 Å². The fourth-order valence-corrected chi connectivity index (χ4v) is 2.40. The number of alkyl halides is 3. The topological polar surface area (TPSA) is 29.5 Å². The summed E-state index contributed by atoms with van der Waals surface area (Å²) < 4.78 is 43.1. The molecule has 0 amide bonds. The molecule has 0 spiro atoms. The minimum atomic E-state index is -4.34. The first-order chi connectivity index (χ1) is 8.86. The summed E-state index contributed by atoms with van der Waals surface area (Å²) in [4.78, 5) is 0. The summed E-state index contributed by atoms with van der Waals surface area (Å²) in [7, 11) is 0. The van der Waals surface area contributed by atoms with Crippen molar-refractivity contribution in [2.24, 2.45) is 5.92 Å². The van der Waals surface area contributed by atoms with Gasteiger partial charge in [-0.3, -0.25) is 0 Å². The first kappa shape index (κ1) is 14.3. The van der Waals surface area contributed by atoms with Gasteiger partial charge in [0, 0.05) is 5.92 Å². The second-order valence-electron chi connectivity index (χ2n) is 5.11. The van der Waals surface area contributed by atoms with E-state index in [1.54, 1.807) is 6.07 Å². The van der Waals surface area contributed by atoms with E-state index in [0.717, 1.165) is 18.6 Å². The molecule has 0 aliphatic carbocycles. The van der Waals surface area contributed by atoms with Gasteiger partial charge in [0.25, 0.3) is 0 Å². The molecule has 0 saturated carbocycles. The Kier molecular flexibility index (Phi) is 4.16. The maximum absolute atomic E-state index is 12.6. The highest BCUT2D eigenvalue weighted by Gasteiger charge is 2.31. The number of hydrogen-bond acceptors (Lipinski definition) is 2. The van der Waals surface area contributed by atoms with Crippen LogP contribution in [-0.2, 0) is 17.3 Å². The molecule has 3 atom stereocenters. The highest BCUT2D eigenvalue weighted by Crippen LogP contribution is 2.30. The van der Waals surface area contributed by atoms with Crippen molar-refractivity contribution in [1.29, 1.82) is 0 Å². The van der Waals surface area contributed by atoms with Gasteiger partial charge < -0.3 is 9.84 Å². The van der Waals surface area contributed by atoms with Crippen molar-refractivity contribution in [3.63, 3.8) is 0 Å². The number of halogens is 3. The molecule has 5 heteroatoms. The van der Waals surface area contributed by atoms with E-state index in [9.17, 15) is 18.3 Å². The van der Waals surface area contributed by atoms with Crippen molar-refractivity contribution < 1.29 is 23.0 Å². The SMILES string of the molecule is CC1CC(C(O)Cc2cccc(C(F)(F)F)c2)CO1. The molecular formula is C14H17F3O2. The smallest absolute Gasteiger partial charge is 0.392 e. The van der Waals surface area contributed by atoms with Crippen LogP contribution in [0.15, 0.2) is 24.3 Å². The van der Waals surface area contributed by atoms with Crippen LogP contribution in [0.25, 0.3) is 0 Å². The normalized spacial score (nSPS) is 25.5. The fourth-order valence-electron chi connectivity index (χ4n) is 2.40. The number of benzene rings is 1. The molecule has 1 aromatic carbocycles. The first-order valence-electron chi connectivity index (χ1n) is 6.32. The minimum absolute atomic E-state index is 0.00421. The molecule has 0 aromatic heterocycles. The summed E-state index contributed by atoms with van der Waals surface area (Å²) >= 11 is 0. The predicted molar refractivity (Wildman–Crippen MR) is 64.7 cm³/mol. The van der Waals surface area contributed by atoms with Crippen molar-refractivity contribution in [2.75, 3.05) is 6.61 Å². The van der Waals surface area contributed by atoms with Gasteiger partial charge in [-0.25, -0.2) is 0 Å². The van der Waals surface area contributed by atoms with E-state index < -0.39 is 17.8 Å². The zero-order valence-electron chi connectivity index (χ0n) is 10.7. The van der Waals surface area contributed by atoms with Crippen LogP contribution in [0.5, 0.6) is 0 Å². The fraction of sp³-hybridized carbons (Fsp3) is 0.571. The first-order valence-corrected chi connectivity index (χ1v) is 6.32. The van der Waals surface area contributed by atoms with Gasteiger partial charge in [0.1, 0.15) is 0 Å². The second kappa shape index (κ2) is 5.51. The Morgan fingerprint density at radius 2 is 2.16 bits per heavy atom. The van der Waals surface area contributed by atoms with E-state index in [-0.39, 0.29) is 18.4 Å². The van der Waals surface area contributed by atoms with Crippen molar-refractivity contribution in [2.45, 2.75) is 38.1 Å². The van der Waals surface area contributed by atoms with E-state index in [2.05, 4.69) is 0 Å². The van der Waals surface area contributed by atoms with Gasteiger partial charge >= 0.3 is 6.18 Å². The summed E-state index contributed by atoms with van der Waals surface area (Å²) in [5, 5.41) is 10.1. The van der Waals surface area contributed by atoms with Crippen LogP contribution in [0.4, 0.5) is 13.2 Å². The van der Waals surface area contributed by atoms with Gasteiger partial charge in [0.2, 0.25) is 0 Å². The number of ether oxygens (including phenoxy) is 1. The van der Waals surface area contributed by atoms with Crippen LogP contribution in [0.1, 0.15) is 24.5 Å². The summed E-state index contributed by atoms with van der Waals surface area (Å²) in [5.74, 6) is 0.00421. The molecular weight excluding hydrogens is 257 g/mol. The van der Waals surface area contributed by atoms with Crippen LogP contribution >= 0.6 is 0 Å². The van der Waals surface area contributed by atoms with E-state index >= 15 is 0 Å². The van der Waals surface area contributed by atoms with Crippen molar-refractivity contribution in [3.05, 3.63) is 35.4 Å². The molecule has 0 radical (unpaired) electrons. The average Bonchev–Trinajstić information content (AvgIpc) is 2.75. The van der Waals surface area contributed by atoms with Crippen LogP contribution in [0.2, 0.25) is 0 Å². The Bertz CT molecular complexity index is 431. The number of aliphatic hydroxyl groups is 1. The molecule has 1 saturated heterocycles. The van der Waals surface area contributed by atoms with Crippen LogP contribution in [0, 0.1) is 5.92 Å². The Morgan fingerprint density at radius 3 is 2.74 bits per heavy atom. The highest BCUT2D eigenvalue weighted by molar-refractivity contribution is 5.26. The quantitative estimate of drug-likeness (QED) is 0.918. The Hall–Kier alpha value is -1.07. The molecule has 3 unspecified atom stereocenters. The van der Waals surface area contributed by atoms with Gasteiger partial charge in [-0.1, -0.05) is 18.2 Å².